The Morgan fingerprint density at radius 3 is 2.90 bits per heavy atom. The van der Waals surface area contributed by atoms with E-state index < -0.39 is 11.6 Å². The number of allylic oxidation sites excluding steroid dienone is 1. The van der Waals surface area contributed by atoms with E-state index >= 15 is 0 Å². The zero-order chi connectivity index (χ0) is 14.1. The fourth-order valence-electron chi connectivity index (χ4n) is 2.95. The van der Waals surface area contributed by atoms with Gasteiger partial charge >= 0.3 is 0 Å². The van der Waals surface area contributed by atoms with Crippen LogP contribution in [0, 0.1) is 23.5 Å². The van der Waals surface area contributed by atoms with Gasteiger partial charge < -0.3 is 10.6 Å². The first-order valence-electron chi connectivity index (χ1n) is 6.78. The molecule has 1 aromatic rings. The number of hydrogen-bond donors (Lipinski definition) is 2. The molecule has 2 N–H and O–H groups in total. The van der Waals surface area contributed by atoms with E-state index in [0.29, 0.717) is 12.0 Å². The molecule has 1 aromatic carbocycles. The first kappa shape index (κ1) is 13.2. The third-order valence-electron chi connectivity index (χ3n) is 4.09. The molecule has 0 spiro atoms. The van der Waals surface area contributed by atoms with Crippen LogP contribution in [-0.4, -0.2) is 18.5 Å². The van der Waals surface area contributed by atoms with Gasteiger partial charge in [0.2, 0.25) is 5.91 Å². The molecule has 106 valence electrons. The zero-order valence-corrected chi connectivity index (χ0v) is 10.9. The highest BCUT2D eigenvalue weighted by Crippen LogP contribution is 2.42. The van der Waals surface area contributed by atoms with Crippen molar-refractivity contribution in [3.8, 4) is 0 Å². The predicted octanol–water partition coefficient (Wildman–Crippen LogP) is 2.46. The molecule has 3 unspecified atom stereocenters. The fourth-order valence-corrected chi connectivity index (χ4v) is 2.95. The molecule has 0 saturated heterocycles. The largest absolute Gasteiger partial charge is 0.325 e. The van der Waals surface area contributed by atoms with E-state index in [1.165, 1.54) is 6.07 Å². The van der Waals surface area contributed by atoms with Gasteiger partial charge in [0.05, 0.1) is 6.54 Å². The van der Waals surface area contributed by atoms with Crippen LogP contribution in [0.2, 0.25) is 0 Å². The molecule has 1 fully saturated rings. The van der Waals surface area contributed by atoms with Crippen LogP contribution < -0.4 is 10.6 Å². The summed E-state index contributed by atoms with van der Waals surface area (Å²) < 4.78 is 25.8. The van der Waals surface area contributed by atoms with Gasteiger partial charge in [-0.3, -0.25) is 4.79 Å². The number of fused-ring (bicyclic) bond motifs is 1. The summed E-state index contributed by atoms with van der Waals surface area (Å²) in [6.45, 7) is 0.181. The van der Waals surface area contributed by atoms with E-state index in [-0.39, 0.29) is 18.1 Å². The molecule has 0 heterocycles. The minimum atomic E-state index is -0.964. The van der Waals surface area contributed by atoms with Crippen molar-refractivity contribution in [1.82, 2.24) is 5.32 Å². The maximum Gasteiger partial charge on any atom is 0.238 e. The van der Waals surface area contributed by atoms with Crippen LogP contribution in [0.4, 0.5) is 14.5 Å². The van der Waals surface area contributed by atoms with Crippen molar-refractivity contribution in [2.75, 3.05) is 11.9 Å². The van der Waals surface area contributed by atoms with E-state index in [9.17, 15) is 13.6 Å². The predicted molar refractivity (Wildman–Crippen MR) is 72.1 cm³/mol. The monoisotopic (exact) mass is 278 g/mol. The van der Waals surface area contributed by atoms with Gasteiger partial charge in [0, 0.05) is 17.8 Å². The number of halogens is 2. The average molecular weight is 278 g/mol. The minimum Gasteiger partial charge on any atom is -0.325 e. The second-order valence-corrected chi connectivity index (χ2v) is 5.40. The lowest BCUT2D eigenvalue weighted by Crippen LogP contribution is -2.50. The van der Waals surface area contributed by atoms with Crippen LogP contribution in [0.3, 0.4) is 0 Å². The van der Waals surface area contributed by atoms with Gasteiger partial charge in [0.25, 0.3) is 0 Å². The summed E-state index contributed by atoms with van der Waals surface area (Å²) in [4.78, 5) is 11.7. The van der Waals surface area contributed by atoms with E-state index in [1.54, 1.807) is 0 Å². The second kappa shape index (κ2) is 5.32. The van der Waals surface area contributed by atoms with Crippen molar-refractivity contribution in [2.24, 2.45) is 11.8 Å². The number of benzene rings is 1. The third kappa shape index (κ3) is 2.58. The van der Waals surface area contributed by atoms with Crippen molar-refractivity contribution < 1.29 is 13.6 Å². The number of carbonyl (C=O) groups excluding carboxylic acids is 1. The first-order valence-corrected chi connectivity index (χ1v) is 6.78. The fraction of sp³-hybridized carbons (Fsp3) is 0.400. The SMILES string of the molecule is O=C(CNC1CC2CC=CC21)Nc1ccc(F)c(F)c1. The average Bonchev–Trinajstić information content (AvgIpc) is 2.76. The Balaban J connectivity index is 1.47. The lowest BCUT2D eigenvalue weighted by Gasteiger charge is -2.40. The smallest absolute Gasteiger partial charge is 0.238 e. The summed E-state index contributed by atoms with van der Waals surface area (Å²) in [5.74, 6) is -0.849. The summed E-state index contributed by atoms with van der Waals surface area (Å²) in [6.07, 6.45) is 6.64. The topological polar surface area (TPSA) is 41.1 Å². The van der Waals surface area contributed by atoms with Crippen LogP contribution >= 0.6 is 0 Å². The highest BCUT2D eigenvalue weighted by Gasteiger charge is 2.40. The molecule has 2 aliphatic carbocycles. The standard InChI is InChI=1S/C15H16F2N2O/c16-12-5-4-10(7-13(12)17)19-15(20)8-18-14-6-9-2-1-3-11(9)14/h1,3-5,7,9,11,14,18H,2,6,8H2,(H,19,20). The van der Waals surface area contributed by atoms with Crippen LogP contribution in [0.5, 0.6) is 0 Å². The Hall–Kier alpha value is -1.75. The molecule has 0 aliphatic heterocycles. The number of rotatable bonds is 4. The Labute approximate surface area is 116 Å². The Morgan fingerprint density at radius 1 is 1.30 bits per heavy atom. The number of nitrogens with one attached hydrogen (secondary N) is 2. The zero-order valence-electron chi connectivity index (χ0n) is 10.9. The van der Waals surface area contributed by atoms with E-state index in [4.69, 9.17) is 0 Å². The lowest BCUT2D eigenvalue weighted by molar-refractivity contribution is -0.115. The molecule has 3 nitrogen and oxygen atoms in total. The molecule has 0 bridgehead atoms. The molecule has 3 rings (SSSR count). The van der Waals surface area contributed by atoms with Crippen molar-refractivity contribution in [3.63, 3.8) is 0 Å². The summed E-state index contributed by atoms with van der Waals surface area (Å²) in [5.41, 5.74) is 0.267. The second-order valence-electron chi connectivity index (χ2n) is 5.40. The summed E-state index contributed by atoms with van der Waals surface area (Å²) in [7, 11) is 0. The molecule has 3 atom stereocenters. The van der Waals surface area contributed by atoms with Crippen LogP contribution in [0.15, 0.2) is 30.4 Å². The Bertz CT molecular complexity index is 559. The number of carbonyl (C=O) groups is 1. The maximum atomic E-state index is 13.0. The molecular weight excluding hydrogens is 262 g/mol. The Morgan fingerprint density at radius 2 is 2.15 bits per heavy atom. The quantitative estimate of drug-likeness (QED) is 0.831. The lowest BCUT2D eigenvalue weighted by atomic mass is 9.71. The van der Waals surface area contributed by atoms with Gasteiger partial charge in [-0.25, -0.2) is 8.78 Å². The van der Waals surface area contributed by atoms with Crippen molar-refractivity contribution in [1.29, 1.82) is 0 Å². The molecule has 2 aliphatic rings. The van der Waals surface area contributed by atoms with Gasteiger partial charge in [-0.05, 0) is 36.8 Å². The van der Waals surface area contributed by atoms with Crippen molar-refractivity contribution in [3.05, 3.63) is 42.0 Å². The van der Waals surface area contributed by atoms with Crippen molar-refractivity contribution in [2.45, 2.75) is 18.9 Å². The number of amides is 1. The molecule has 5 heteroatoms. The maximum absolute atomic E-state index is 13.0. The first-order chi connectivity index (χ1) is 9.63. The molecular formula is C15H16F2N2O. The van der Waals surface area contributed by atoms with Gasteiger partial charge in [-0.1, -0.05) is 12.2 Å². The van der Waals surface area contributed by atoms with E-state index in [1.807, 2.05) is 0 Å². The highest BCUT2D eigenvalue weighted by molar-refractivity contribution is 5.92. The normalized spacial score (nSPS) is 27.0. The van der Waals surface area contributed by atoms with Gasteiger partial charge in [-0.15, -0.1) is 0 Å². The minimum absolute atomic E-state index is 0.181. The van der Waals surface area contributed by atoms with Crippen molar-refractivity contribution >= 4 is 11.6 Å². The van der Waals surface area contributed by atoms with E-state index in [2.05, 4.69) is 22.8 Å². The van der Waals surface area contributed by atoms with Crippen LogP contribution in [-0.2, 0) is 4.79 Å². The van der Waals surface area contributed by atoms with E-state index in [0.717, 1.165) is 30.9 Å². The molecule has 0 aromatic heterocycles. The van der Waals surface area contributed by atoms with Gasteiger partial charge in [-0.2, -0.15) is 0 Å². The molecule has 1 saturated carbocycles. The highest BCUT2D eigenvalue weighted by atomic mass is 19.2. The number of hydrogen-bond acceptors (Lipinski definition) is 2. The van der Waals surface area contributed by atoms with Gasteiger partial charge in [0.15, 0.2) is 11.6 Å². The molecule has 0 radical (unpaired) electrons. The van der Waals surface area contributed by atoms with Crippen LogP contribution in [0.25, 0.3) is 0 Å². The van der Waals surface area contributed by atoms with Gasteiger partial charge in [0.1, 0.15) is 0 Å². The number of anilines is 1. The Kier molecular flexibility index (Phi) is 3.53. The summed E-state index contributed by atoms with van der Waals surface area (Å²) in [6, 6.07) is 3.68. The molecule has 20 heavy (non-hydrogen) atoms. The third-order valence-corrected chi connectivity index (χ3v) is 4.09. The van der Waals surface area contributed by atoms with Crippen LogP contribution in [0.1, 0.15) is 12.8 Å². The summed E-state index contributed by atoms with van der Waals surface area (Å²) in [5, 5.41) is 5.75. The molecule has 1 amide bonds. The summed E-state index contributed by atoms with van der Waals surface area (Å²) >= 11 is 0.